The Bertz CT molecular complexity index is 468. The minimum absolute atomic E-state index is 0.242. The molecule has 2 atom stereocenters. The van der Waals surface area contributed by atoms with E-state index in [1.807, 2.05) is 42.5 Å². The number of hydrogen-bond acceptors (Lipinski definition) is 4. The second-order valence-electron chi connectivity index (χ2n) is 5.76. The number of aliphatic hydroxyl groups excluding tert-OH is 1. The van der Waals surface area contributed by atoms with E-state index in [1.54, 1.807) is 13.8 Å². The van der Waals surface area contributed by atoms with Crippen molar-refractivity contribution >= 4 is 5.97 Å². The van der Waals surface area contributed by atoms with Crippen molar-refractivity contribution in [1.82, 2.24) is 0 Å². The van der Waals surface area contributed by atoms with Crippen molar-refractivity contribution in [3.8, 4) is 0 Å². The molecule has 0 aromatic heterocycles. The summed E-state index contributed by atoms with van der Waals surface area (Å²) in [7, 11) is 0. The van der Waals surface area contributed by atoms with E-state index in [4.69, 9.17) is 9.47 Å². The number of carbonyl (C=O) groups excluding carboxylic acids is 1. The lowest BCUT2D eigenvalue weighted by Crippen LogP contribution is -2.40. The summed E-state index contributed by atoms with van der Waals surface area (Å²) in [5.74, 6) is -0.521. The molecule has 0 saturated heterocycles. The van der Waals surface area contributed by atoms with Gasteiger partial charge in [0.2, 0.25) is 0 Å². The number of unbranched alkanes of at least 4 members (excludes halogenated alkanes) is 1. The standard InChI is InChI=1S/C19H28O4/c1-4-5-6-10-13-22-18(19(21)23-15(2)3)17(20)14-16-11-8-7-9-12-16/h6-12,15,17-18,20H,4-5,13-14H2,1-3H3/b10-6+. The average molecular weight is 320 g/mol. The number of esters is 1. The lowest BCUT2D eigenvalue weighted by Gasteiger charge is -2.22. The molecule has 0 amide bonds. The highest BCUT2D eigenvalue weighted by Gasteiger charge is 2.29. The fraction of sp³-hybridized carbons (Fsp3) is 0.526. The summed E-state index contributed by atoms with van der Waals surface area (Å²) in [6.45, 7) is 5.93. The predicted octanol–water partition coefficient (Wildman–Crippen LogP) is 3.28. The lowest BCUT2D eigenvalue weighted by atomic mass is 10.0. The van der Waals surface area contributed by atoms with Gasteiger partial charge in [-0.3, -0.25) is 0 Å². The predicted molar refractivity (Wildman–Crippen MR) is 91.2 cm³/mol. The van der Waals surface area contributed by atoms with Crippen LogP contribution in [0, 0.1) is 0 Å². The Kier molecular flexibility index (Phi) is 9.25. The summed E-state index contributed by atoms with van der Waals surface area (Å²) < 4.78 is 10.8. The van der Waals surface area contributed by atoms with Crippen molar-refractivity contribution in [1.29, 1.82) is 0 Å². The quantitative estimate of drug-likeness (QED) is 0.531. The van der Waals surface area contributed by atoms with Crippen molar-refractivity contribution in [2.24, 2.45) is 0 Å². The molecule has 1 rings (SSSR count). The first-order valence-electron chi connectivity index (χ1n) is 8.23. The summed E-state index contributed by atoms with van der Waals surface area (Å²) in [4.78, 5) is 12.2. The maximum atomic E-state index is 12.2. The molecule has 0 aliphatic rings. The molecule has 2 unspecified atom stereocenters. The summed E-state index contributed by atoms with van der Waals surface area (Å²) in [5.41, 5.74) is 0.951. The molecule has 0 fully saturated rings. The monoisotopic (exact) mass is 320 g/mol. The van der Waals surface area contributed by atoms with Gasteiger partial charge in [0.25, 0.3) is 0 Å². The summed E-state index contributed by atoms with van der Waals surface area (Å²) in [6.07, 6.45) is 4.09. The van der Waals surface area contributed by atoms with Crippen LogP contribution in [-0.4, -0.2) is 36.0 Å². The highest BCUT2D eigenvalue weighted by Crippen LogP contribution is 2.11. The molecule has 0 aliphatic heterocycles. The number of ether oxygens (including phenoxy) is 2. The summed E-state index contributed by atoms with van der Waals surface area (Å²) in [6, 6.07) is 9.54. The van der Waals surface area contributed by atoms with Crippen LogP contribution in [0.4, 0.5) is 0 Å². The van der Waals surface area contributed by atoms with Crippen molar-refractivity contribution < 1.29 is 19.4 Å². The van der Waals surface area contributed by atoms with E-state index in [2.05, 4.69) is 6.92 Å². The van der Waals surface area contributed by atoms with Crippen LogP contribution in [-0.2, 0) is 20.7 Å². The van der Waals surface area contributed by atoms with Crippen LogP contribution >= 0.6 is 0 Å². The molecule has 0 spiro atoms. The number of allylic oxidation sites excluding steroid dienone is 1. The maximum Gasteiger partial charge on any atom is 0.338 e. The molecule has 4 nitrogen and oxygen atoms in total. The van der Waals surface area contributed by atoms with Crippen LogP contribution < -0.4 is 0 Å². The third-order valence-electron chi connectivity index (χ3n) is 3.22. The molecule has 0 bridgehead atoms. The van der Waals surface area contributed by atoms with Crippen molar-refractivity contribution in [2.45, 2.75) is 58.3 Å². The van der Waals surface area contributed by atoms with E-state index in [0.29, 0.717) is 6.42 Å². The number of aliphatic hydroxyl groups is 1. The minimum Gasteiger partial charge on any atom is -0.461 e. The number of benzene rings is 1. The Hall–Kier alpha value is -1.65. The highest BCUT2D eigenvalue weighted by molar-refractivity contribution is 5.75. The third kappa shape index (κ3) is 7.95. The Morgan fingerprint density at radius 3 is 2.52 bits per heavy atom. The fourth-order valence-corrected chi connectivity index (χ4v) is 2.11. The Morgan fingerprint density at radius 2 is 1.91 bits per heavy atom. The van der Waals surface area contributed by atoms with E-state index in [0.717, 1.165) is 18.4 Å². The molecule has 23 heavy (non-hydrogen) atoms. The molecule has 1 aromatic carbocycles. The molecule has 1 aromatic rings. The molecule has 4 heteroatoms. The molecule has 0 radical (unpaired) electrons. The first-order chi connectivity index (χ1) is 11.0. The average Bonchev–Trinajstić information content (AvgIpc) is 2.50. The molecular weight excluding hydrogens is 292 g/mol. The van der Waals surface area contributed by atoms with Crippen LogP contribution in [0.2, 0.25) is 0 Å². The highest BCUT2D eigenvalue weighted by atomic mass is 16.6. The number of hydrogen-bond donors (Lipinski definition) is 1. The minimum atomic E-state index is -0.983. The first kappa shape index (κ1) is 19.4. The Morgan fingerprint density at radius 1 is 1.22 bits per heavy atom. The maximum absolute atomic E-state index is 12.2. The van der Waals surface area contributed by atoms with Gasteiger partial charge in [0.15, 0.2) is 6.10 Å². The van der Waals surface area contributed by atoms with Crippen molar-refractivity contribution in [3.05, 3.63) is 48.0 Å². The lowest BCUT2D eigenvalue weighted by molar-refractivity contribution is -0.167. The zero-order valence-corrected chi connectivity index (χ0v) is 14.3. The van der Waals surface area contributed by atoms with Gasteiger partial charge in [0.1, 0.15) is 0 Å². The van der Waals surface area contributed by atoms with E-state index >= 15 is 0 Å². The molecule has 1 N–H and O–H groups in total. The van der Waals surface area contributed by atoms with Gasteiger partial charge in [-0.25, -0.2) is 4.79 Å². The van der Waals surface area contributed by atoms with Crippen LogP contribution in [0.25, 0.3) is 0 Å². The van der Waals surface area contributed by atoms with Gasteiger partial charge >= 0.3 is 5.97 Å². The van der Waals surface area contributed by atoms with E-state index in [1.165, 1.54) is 0 Å². The van der Waals surface area contributed by atoms with Gasteiger partial charge < -0.3 is 14.6 Å². The first-order valence-corrected chi connectivity index (χ1v) is 8.23. The van der Waals surface area contributed by atoms with Gasteiger partial charge in [-0.15, -0.1) is 0 Å². The smallest absolute Gasteiger partial charge is 0.338 e. The fourth-order valence-electron chi connectivity index (χ4n) is 2.11. The van der Waals surface area contributed by atoms with Crippen LogP contribution in [0.3, 0.4) is 0 Å². The molecule has 0 saturated carbocycles. The van der Waals surface area contributed by atoms with E-state index in [9.17, 15) is 9.90 Å². The Labute approximate surface area is 139 Å². The topological polar surface area (TPSA) is 55.8 Å². The SMILES string of the molecule is CCC/C=C/COC(C(=O)OC(C)C)C(O)Cc1ccccc1. The van der Waals surface area contributed by atoms with Crippen LogP contribution in [0.15, 0.2) is 42.5 Å². The van der Waals surface area contributed by atoms with Gasteiger partial charge in [0, 0.05) is 6.42 Å². The second kappa shape index (κ2) is 11.0. The zero-order valence-electron chi connectivity index (χ0n) is 14.3. The third-order valence-corrected chi connectivity index (χ3v) is 3.22. The molecular formula is C19H28O4. The summed E-state index contributed by atoms with van der Waals surface area (Å²) in [5, 5.41) is 10.4. The van der Waals surface area contributed by atoms with Gasteiger partial charge in [-0.05, 0) is 25.8 Å². The number of rotatable bonds is 10. The largest absolute Gasteiger partial charge is 0.461 e. The second-order valence-corrected chi connectivity index (χ2v) is 5.76. The normalized spacial score (nSPS) is 14.1. The summed E-state index contributed by atoms with van der Waals surface area (Å²) >= 11 is 0. The molecule has 0 heterocycles. The van der Waals surface area contributed by atoms with Gasteiger partial charge in [-0.1, -0.05) is 55.8 Å². The molecule has 128 valence electrons. The Balaban J connectivity index is 2.66. The van der Waals surface area contributed by atoms with Crippen molar-refractivity contribution in [2.75, 3.05) is 6.61 Å². The van der Waals surface area contributed by atoms with Crippen molar-refractivity contribution in [3.63, 3.8) is 0 Å². The van der Waals surface area contributed by atoms with E-state index < -0.39 is 18.2 Å². The van der Waals surface area contributed by atoms with Crippen LogP contribution in [0.1, 0.15) is 39.2 Å². The van der Waals surface area contributed by atoms with Gasteiger partial charge in [0.05, 0.1) is 18.8 Å². The van der Waals surface area contributed by atoms with E-state index in [-0.39, 0.29) is 12.7 Å². The van der Waals surface area contributed by atoms with Crippen LogP contribution in [0.5, 0.6) is 0 Å². The van der Waals surface area contributed by atoms with Gasteiger partial charge in [-0.2, -0.15) is 0 Å². The number of carbonyl (C=O) groups is 1. The molecule has 0 aliphatic carbocycles. The zero-order chi connectivity index (χ0) is 17.1.